The Bertz CT molecular complexity index is 551. The molecule has 6 heteroatoms. The van der Waals surface area contributed by atoms with E-state index in [9.17, 15) is 4.79 Å². The van der Waals surface area contributed by atoms with Gasteiger partial charge in [0.15, 0.2) is 0 Å². The van der Waals surface area contributed by atoms with E-state index in [0.717, 1.165) is 0 Å². The third kappa shape index (κ3) is 2.45. The van der Waals surface area contributed by atoms with E-state index < -0.39 is 0 Å². The van der Waals surface area contributed by atoms with Gasteiger partial charge in [-0.1, -0.05) is 52.5 Å². The van der Waals surface area contributed by atoms with Gasteiger partial charge >= 0.3 is 0 Å². The first kappa shape index (κ1) is 12.8. The molecule has 1 heterocycles. The third-order valence-electron chi connectivity index (χ3n) is 2.16. The van der Waals surface area contributed by atoms with Crippen molar-refractivity contribution in [3.63, 3.8) is 0 Å². The molecule has 0 unspecified atom stereocenters. The first-order valence-corrected chi connectivity index (χ1v) is 6.04. The van der Waals surface area contributed by atoms with Crippen LogP contribution in [0.25, 0.3) is 0 Å². The summed E-state index contributed by atoms with van der Waals surface area (Å²) in [5, 5.41) is 1.05. The van der Waals surface area contributed by atoms with E-state index in [-0.39, 0.29) is 37.3 Å². The van der Waals surface area contributed by atoms with Gasteiger partial charge in [0.25, 0.3) is 0 Å². The van der Waals surface area contributed by atoms with Crippen molar-refractivity contribution in [2.45, 2.75) is 0 Å². The summed E-state index contributed by atoms with van der Waals surface area (Å²) in [5.41, 5.74) is 0.473. The number of carbonyl (C=O) groups is 1. The maximum Gasteiger partial charge on any atom is 0.212 e. The number of benzene rings is 1. The van der Waals surface area contributed by atoms with Crippen molar-refractivity contribution in [2.24, 2.45) is 0 Å². The van der Waals surface area contributed by atoms with E-state index in [1.165, 1.54) is 6.07 Å². The highest BCUT2D eigenvalue weighted by molar-refractivity contribution is 6.43. The van der Waals surface area contributed by atoms with Crippen molar-refractivity contribution in [3.05, 3.63) is 55.7 Å². The summed E-state index contributed by atoms with van der Waals surface area (Å²) in [6.07, 6.45) is 0. The predicted molar refractivity (Wildman–Crippen MR) is 70.7 cm³/mol. The molecule has 0 atom stereocenters. The van der Waals surface area contributed by atoms with E-state index in [1.54, 1.807) is 18.2 Å². The Morgan fingerprint density at radius 1 is 1.00 bits per heavy atom. The van der Waals surface area contributed by atoms with Crippen LogP contribution in [0.2, 0.25) is 20.2 Å². The summed E-state index contributed by atoms with van der Waals surface area (Å²) in [7, 11) is 0. The molecule has 2 aromatic rings. The minimum absolute atomic E-state index is 0.207. The first-order valence-electron chi connectivity index (χ1n) is 4.53. The van der Waals surface area contributed by atoms with Crippen molar-refractivity contribution in [1.82, 2.24) is 4.98 Å². The maximum absolute atomic E-state index is 12.1. The second-order valence-electron chi connectivity index (χ2n) is 3.27. The molecule has 0 saturated carbocycles. The summed E-state index contributed by atoms with van der Waals surface area (Å²) < 4.78 is 0. The number of nitrogens with one attached hydrogen (secondary N) is 1. The Morgan fingerprint density at radius 3 is 2.06 bits per heavy atom. The van der Waals surface area contributed by atoms with E-state index in [1.807, 2.05) is 0 Å². The average molecular weight is 309 g/mol. The van der Waals surface area contributed by atoms with Gasteiger partial charge < -0.3 is 4.98 Å². The first-order chi connectivity index (χ1) is 8.00. The molecular formula is C11H5Cl4NO. The van der Waals surface area contributed by atoms with Gasteiger partial charge in [0.05, 0.1) is 26.3 Å². The Hall–Kier alpha value is -0.670. The molecule has 0 fully saturated rings. The van der Waals surface area contributed by atoms with Gasteiger partial charge in [-0.05, 0) is 18.2 Å². The van der Waals surface area contributed by atoms with Crippen LogP contribution in [0.4, 0.5) is 0 Å². The molecule has 1 aromatic heterocycles. The highest BCUT2D eigenvalue weighted by Crippen LogP contribution is 2.29. The molecule has 0 radical (unpaired) electrons. The van der Waals surface area contributed by atoms with E-state index in [0.29, 0.717) is 0 Å². The number of rotatable bonds is 2. The molecule has 0 spiro atoms. The third-order valence-corrected chi connectivity index (χ3v) is 3.48. The smallest absolute Gasteiger partial charge is 0.212 e. The summed E-state index contributed by atoms with van der Waals surface area (Å²) in [5.74, 6) is -0.352. The SMILES string of the molecule is O=C(c1cc(Cl)c(Cl)[nH]1)c1c(Cl)cccc1Cl. The Labute approximate surface area is 117 Å². The van der Waals surface area contributed by atoms with Crippen molar-refractivity contribution in [2.75, 3.05) is 0 Å². The molecule has 0 aliphatic carbocycles. The summed E-state index contributed by atoms with van der Waals surface area (Å²) in [6.45, 7) is 0. The number of H-pyrrole nitrogens is 1. The fourth-order valence-corrected chi connectivity index (χ4v) is 2.26. The van der Waals surface area contributed by atoms with Crippen LogP contribution in [0.15, 0.2) is 24.3 Å². The van der Waals surface area contributed by atoms with Crippen molar-refractivity contribution in [1.29, 1.82) is 0 Å². The lowest BCUT2D eigenvalue weighted by atomic mass is 10.1. The highest BCUT2D eigenvalue weighted by Gasteiger charge is 2.19. The molecule has 88 valence electrons. The Balaban J connectivity index is 2.51. The molecule has 0 saturated heterocycles. The van der Waals surface area contributed by atoms with Gasteiger partial charge in [0, 0.05) is 0 Å². The maximum atomic E-state index is 12.1. The number of carbonyl (C=O) groups excluding carboxylic acids is 1. The van der Waals surface area contributed by atoms with E-state index in [4.69, 9.17) is 46.4 Å². The molecule has 0 aliphatic rings. The van der Waals surface area contributed by atoms with Crippen molar-refractivity contribution in [3.8, 4) is 0 Å². The molecule has 0 amide bonds. The zero-order chi connectivity index (χ0) is 12.6. The highest BCUT2D eigenvalue weighted by atomic mass is 35.5. The zero-order valence-corrected chi connectivity index (χ0v) is 11.3. The Kier molecular flexibility index (Phi) is 3.69. The topological polar surface area (TPSA) is 32.9 Å². The van der Waals surface area contributed by atoms with Gasteiger partial charge in [-0.15, -0.1) is 0 Å². The van der Waals surface area contributed by atoms with E-state index >= 15 is 0 Å². The van der Waals surface area contributed by atoms with Crippen LogP contribution in [-0.2, 0) is 0 Å². The normalized spacial score (nSPS) is 10.6. The number of halogens is 4. The van der Waals surface area contributed by atoms with Crippen molar-refractivity contribution >= 4 is 52.2 Å². The quantitative estimate of drug-likeness (QED) is 0.790. The van der Waals surface area contributed by atoms with Crippen molar-refractivity contribution < 1.29 is 4.79 Å². The van der Waals surface area contributed by atoms with Crippen LogP contribution in [-0.4, -0.2) is 10.8 Å². The average Bonchev–Trinajstić information content (AvgIpc) is 2.59. The number of ketones is 1. The van der Waals surface area contributed by atoms with Gasteiger partial charge in [-0.3, -0.25) is 4.79 Å². The second kappa shape index (κ2) is 4.91. The summed E-state index contributed by atoms with van der Waals surface area (Å²) in [4.78, 5) is 14.8. The van der Waals surface area contributed by atoms with Crippen LogP contribution in [0.3, 0.4) is 0 Å². The number of aromatic nitrogens is 1. The lowest BCUT2D eigenvalue weighted by Crippen LogP contribution is -2.03. The van der Waals surface area contributed by atoms with Gasteiger partial charge in [-0.25, -0.2) is 0 Å². The second-order valence-corrected chi connectivity index (χ2v) is 4.87. The summed E-state index contributed by atoms with van der Waals surface area (Å²) >= 11 is 23.4. The largest absolute Gasteiger partial charge is 0.342 e. The molecule has 17 heavy (non-hydrogen) atoms. The molecule has 1 N–H and O–H groups in total. The summed E-state index contributed by atoms with van der Waals surface area (Å²) in [6, 6.07) is 6.28. The van der Waals surface area contributed by atoms with Gasteiger partial charge in [0.1, 0.15) is 5.15 Å². The van der Waals surface area contributed by atoms with Crippen LogP contribution in [0, 0.1) is 0 Å². The van der Waals surface area contributed by atoms with Crippen LogP contribution >= 0.6 is 46.4 Å². The van der Waals surface area contributed by atoms with Gasteiger partial charge in [-0.2, -0.15) is 0 Å². The van der Waals surface area contributed by atoms with Crippen LogP contribution in [0.5, 0.6) is 0 Å². The molecule has 2 nitrogen and oxygen atoms in total. The minimum atomic E-state index is -0.352. The zero-order valence-electron chi connectivity index (χ0n) is 8.23. The van der Waals surface area contributed by atoms with Crippen LogP contribution in [0.1, 0.15) is 16.1 Å². The number of hydrogen-bond acceptors (Lipinski definition) is 1. The van der Waals surface area contributed by atoms with Crippen LogP contribution < -0.4 is 0 Å². The lowest BCUT2D eigenvalue weighted by Gasteiger charge is -2.03. The monoisotopic (exact) mass is 307 g/mol. The molecule has 0 bridgehead atoms. The molecule has 0 aliphatic heterocycles. The minimum Gasteiger partial charge on any atom is -0.342 e. The molecule has 1 aromatic carbocycles. The fourth-order valence-electron chi connectivity index (χ4n) is 1.38. The predicted octanol–water partition coefficient (Wildman–Crippen LogP) is 4.86. The molecular weight excluding hydrogens is 304 g/mol. The Morgan fingerprint density at radius 2 is 1.59 bits per heavy atom. The number of hydrogen-bond donors (Lipinski definition) is 1. The fraction of sp³-hybridized carbons (Fsp3) is 0. The lowest BCUT2D eigenvalue weighted by molar-refractivity contribution is 0.103. The van der Waals surface area contributed by atoms with Gasteiger partial charge in [0.2, 0.25) is 5.78 Å². The molecule has 2 rings (SSSR count). The number of aromatic amines is 1. The van der Waals surface area contributed by atoms with E-state index in [2.05, 4.69) is 4.98 Å². The standard InChI is InChI=1S/C11H5Cl4NO/c12-5-2-1-3-6(13)9(5)10(17)8-4-7(14)11(15)16-8/h1-4,16H.